The number of nitrogens with one attached hydrogen (secondary N) is 2. The van der Waals surface area contributed by atoms with Crippen LogP contribution >= 0.6 is 0 Å². The van der Waals surface area contributed by atoms with Crippen LogP contribution in [0.15, 0.2) is 79.0 Å². The van der Waals surface area contributed by atoms with Gasteiger partial charge in [0.25, 0.3) is 0 Å². The van der Waals surface area contributed by atoms with Crippen molar-refractivity contribution in [2.45, 2.75) is 38.1 Å². The molecule has 1 aliphatic rings. The van der Waals surface area contributed by atoms with Gasteiger partial charge >= 0.3 is 0 Å². The molecule has 1 aromatic heterocycles. The number of benzene rings is 3. The van der Waals surface area contributed by atoms with Crippen LogP contribution in [0.5, 0.6) is 0 Å². The maximum Gasteiger partial charge on any atom is 0.186 e. The van der Waals surface area contributed by atoms with E-state index in [0.717, 1.165) is 54.5 Å². The van der Waals surface area contributed by atoms with E-state index in [1.807, 2.05) is 72.8 Å². The van der Waals surface area contributed by atoms with Gasteiger partial charge in [-0.2, -0.15) is 5.26 Å². The Balaban J connectivity index is 1.28. The molecule has 198 valence electrons. The van der Waals surface area contributed by atoms with Crippen molar-refractivity contribution in [3.63, 3.8) is 0 Å². The molecule has 1 atom stereocenters. The third-order valence-corrected chi connectivity index (χ3v) is 7.59. The first kappa shape index (κ1) is 26.6. The third-order valence-electron chi connectivity index (χ3n) is 7.59. The van der Waals surface area contributed by atoms with Gasteiger partial charge < -0.3 is 15.2 Å². The molecule has 5 rings (SSSR count). The first-order valence-corrected chi connectivity index (χ1v) is 13.8. The summed E-state index contributed by atoms with van der Waals surface area (Å²) in [6.07, 6.45) is 6.42. The molecule has 2 N–H and O–H groups in total. The molecule has 1 aliphatic heterocycles. The number of H-pyrrole nitrogens is 1. The number of carbonyl (C=O) groups excluding carboxylic acids is 2. The summed E-state index contributed by atoms with van der Waals surface area (Å²) in [5, 5.41) is 13.3. The zero-order chi connectivity index (χ0) is 27.0. The number of Topliss-reactive ketones (excluding diaryl/α,β-unsaturated/α-hetero) is 2. The van der Waals surface area contributed by atoms with E-state index in [0.29, 0.717) is 29.7 Å². The van der Waals surface area contributed by atoms with Crippen LogP contribution in [0.2, 0.25) is 0 Å². The van der Waals surface area contributed by atoms with E-state index in [1.165, 1.54) is 12.8 Å². The molecule has 39 heavy (non-hydrogen) atoms. The maximum atomic E-state index is 13.8. The minimum absolute atomic E-state index is 0.0167. The van der Waals surface area contributed by atoms with Crippen molar-refractivity contribution in [3.8, 4) is 6.07 Å². The van der Waals surface area contributed by atoms with Gasteiger partial charge in [0, 0.05) is 41.2 Å². The Bertz CT molecular complexity index is 1460. The Morgan fingerprint density at radius 1 is 1.00 bits per heavy atom. The molecule has 4 aromatic rings. The van der Waals surface area contributed by atoms with Crippen molar-refractivity contribution >= 4 is 22.5 Å². The van der Waals surface area contributed by atoms with Crippen LogP contribution in [0.4, 0.5) is 0 Å². The standard InChI is InChI=1S/C33H34N4O2/c34-22-25-12-10-24(11-13-25)16-17-35-32(26-7-2-1-3-8-26)33(39)29-23-36-30-21-27(14-15-28(29)30)31(38)9-6-20-37-18-4-5-19-37/h1-3,7-8,10-15,21,23,32,35-36H,4-6,9,16-20H2. The van der Waals surface area contributed by atoms with Crippen molar-refractivity contribution in [2.75, 3.05) is 26.2 Å². The van der Waals surface area contributed by atoms with Gasteiger partial charge in [-0.1, -0.05) is 54.6 Å². The summed E-state index contributed by atoms with van der Waals surface area (Å²) >= 11 is 0. The maximum absolute atomic E-state index is 13.8. The predicted octanol–water partition coefficient (Wildman–Crippen LogP) is 5.85. The molecule has 0 bridgehead atoms. The molecule has 2 heterocycles. The van der Waals surface area contributed by atoms with E-state index in [9.17, 15) is 9.59 Å². The highest BCUT2D eigenvalue weighted by atomic mass is 16.1. The van der Waals surface area contributed by atoms with Crippen molar-refractivity contribution in [1.29, 1.82) is 5.26 Å². The van der Waals surface area contributed by atoms with Crippen LogP contribution in [0.25, 0.3) is 10.9 Å². The van der Waals surface area contributed by atoms with Gasteiger partial charge in [0.15, 0.2) is 11.6 Å². The second-order valence-electron chi connectivity index (χ2n) is 10.3. The van der Waals surface area contributed by atoms with Gasteiger partial charge in [0.05, 0.1) is 17.7 Å². The van der Waals surface area contributed by atoms with Crippen molar-refractivity contribution in [1.82, 2.24) is 15.2 Å². The van der Waals surface area contributed by atoms with Crippen LogP contribution < -0.4 is 5.32 Å². The smallest absolute Gasteiger partial charge is 0.186 e. The van der Waals surface area contributed by atoms with Crippen molar-refractivity contribution in [2.24, 2.45) is 0 Å². The van der Waals surface area contributed by atoms with Crippen LogP contribution in [0.1, 0.15) is 69.1 Å². The van der Waals surface area contributed by atoms with Crippen molar-refractivity contribution < 1.29 is 9.59 Å². The molecule has 1 fully saturated rings. The lowest BCUT2D eigenvalue weighted by Gasteiger charge is -2.18. The molecular formula is C33H34N4O2. The lowest BCUT2D eigenvalue weighted by atomic mass is 9.96. The van der Waals surface area contributed by atoms with Crippen LogP contribution in [-0.2, 0) is 6.42 Å². The average molecular weight is 519 g/mol. The van der Waals surface area contributed by atoms with Crippen LogP contribution in [0, 0.1) is 11.3 Å². The number of hydrogen-bond acceptors (Lipinski definition) is 5. The monoisotopic (exact) mass is 518 g/mol. The van der Waals surface area contributed by atoms with E-state index in [4.69, 9.17) is 5.26 Å². The quantitative estimate of drug-likeness (QED) is 0.230. The number of fused-ring (bicyclic) bond motifs is 1. The number of carbonyl (C=O) groups is 2. The van der Waals surface area contributed by atoms with Gasteiger partial charge in [-0.05, 0) is 74.6 Å². The van der Waals surface area contributed by atoms with Gasteiger partial charge in [0.2, 0.25) is 0 Å². The number of nitriles is 1. The minimum Gasteiger partial charge on any atom is -0.360 e. The number of aromatic nitrogens is 1. The summed E-state index contributed by atoms with van der Waals surface area (Å²) in [7, 11) is 0. The molecule has 0 spiro atoms. The fourth-order valence-corrected chi connectivity index (χ4v) is 5.39. The Hall–Kier alpha value is -4.05. The Morgan fingerprint density at radius 2 is 1.77 bits per heavy atom. The van der Waals surface area contributed by atoms with E-state index < -0.39 is 6.04 Å². The summed E-state index contributed by atoms with van der Waals surface area (Å²) in [4.78, 5) is 32.3. The van der Waals surface area contributed by atoms with Crippen LogP contribution in [0.3, 0.4) is 0 Å². The minimum atomic E-state index is -0.504. The lowest BCUT2D eigenvalue weighted by Crippen LogP contribution is -2.30. The van der Waals surface area contributed by atoms with Crippen molar-refractivity contribution in [3.05, 3.63) is 107 Å². The Morgan fingerprint density at radius 3 is 2.51 bits per heavy atom. The molecule has 1 saturated heterocycles. The zero-order valence-corrected chi connectivity index (χ0v) is 22.2. The van der Waals surface area contributed by atoms with Gasteiger partial charge in [-0.25, -0.2) is 0 Å². The molecule has 0 radical (unpaired) electrons. The summed E-state index contributed by atoms with van der Waals surface area (Å²) in [6, 6.07) is 24.5. The zero-order valence-electron chi connectivity index (χ0n) is 22.2. The molecule has 0 aliphatic carbocycles. The Labute approximate surface area is 229 Å². The molecule has 0 amide bonds. The first-order chi connectivity index (χ1) is 19.1. The molecule has 0 saturated carbocycles. The van der Waals surface area contributed by atoms with Gasteiger partial charge in [-0.3, -0.25) is 9.59 Å². The average Bonchev–Trinajstić information content (AvgIpc) is 3.65. The molecule has 1 unspecified atom stereocenters. The topological polar surface area (TPSA) is 89.0 Å². The number of rotatable bonds is 12. The highest BCUT2D eigenvalue weighted by Gasteiger charge is 2.24. The highest BCUT2D eigenvalue weighted by molar-refractivity contribution is 6.11. The molecule has 6 nitrogen and oxygen atoms in total. The van der Waals surface area contributed by atoms with Crippen LogP contribution in [-0.4, -0.2) is 47.6 Å². The third kappa shape index (κ3) is 6.51. The number of nitrogens with zero attached hydrogens (tertiary/aromatic N) is 2. The van der Waals surface area contributed by atoms with E-state index in [-0.39, 0.29) is 11.6 Å². The fraction of sp³-hybridized carbons (Fsp3) is 0.303. The lowest BCUT2D eigenvalue weighted by molar-refractivity contribution is 0.0943. The molecule has 3 aromatic carbocycles. The van der Waals surface area contributed by atoms with Gasteiger partial charge in [0.1, 0.15) is 0 Å². The first-order valence-electron chi connectivity index (χ1n) is 13.8. The number of aromatic amines is 1. The number of ketones is 2. The molecule has 6 heteroatoms. The summed E-state index contributed by atoms with van der Waals surface area (Å²) < 4.78 is 0. The summed E-state index contributed by atoms with van der Waals surface area (Å²) in [5.41, 5.74) is 4.73. The largest absolute Gasteiger partial charge is 0.360 e. The second-order valence-corrected chi connectivity index (χ2v) is 10.3. The predicted molar refractivity (Wildman–Crippen MR) is 154 cm³/mol. The van der Waals surface area contributed by atoms with E-state index in [2.05, 4.69) is 21.3 Å². The SMILES string of the molecule is N#Cc1ccc(CCNC(C(=O)c2c[nH]c3cc(C(=O)CCCN4CCCC4)ccc23)c2ccccc2)cc1. The van der Waals surface area contributed by atoms with E-state index >= 15 is 0 Å². The number of likely N-dealkylation sites (tertiary alicyclic amines) is 1. The fourth-order valence-electron chi connectivity index (χ4n) is 5.39. The number of hydrogen-bond donors (Lipinski definition) is 2. The normalized spacial score (nSPS) is 14.3. The van der Waals surface area contributed by atoms with Gasteiger partial charge in [-0.15, -0.1) is 0 Å². The second kappa shape index (κ2) is 12.7. The summed E-state index contributed by atoms with van der Waals surface area (Å²) in [5.74, 6) is 0.127. The highest BCUT2D eigenvalue weighted by Crippen LogP contribution is 2.26. The molecular weight excluding hydrogens is 484 g/mol. The Kier molecular flexibility index (Phi) is 8.62. The summed E-state index contributed by atoms with van der Waals surface area (Å²) in [6.45, 7) is 3.88. The van der Waals surface area contributed by atoms with E-state index in [1.54, 1.807) is 6.20 Å².